The van der Waals surface area contributed by atoms with Crippen LogP contribution >= 0.6 is 0 Å². The van der Waals surface area contributed by atoms with Crippen LogP contribution in [-0.2, 0) is 10.2 Å². The van der Waals surface area contributed by atoms with Gasteiger partial charge in [-0.15, -0.1) is 0 Å². The van der Waals surface area contributed by atoms with E-state index < -0.39 is 10.2 Å². The third kappa shape index (κ3) is 3.93. The van der Waals surface area contributed by atoms with Gasteiger partial charge in [0.25, 0.3) is 10.2 Å². The zero-order chi connectivity index (χ0) is 14.8. The van der Waals surface area contributed by atoms with E-state index in [1.165, 1.54) is 0 Å². The fourth-order valence-electron chi connectivity index (χ4n) is 3.32. The molecule has 1 saturated heterocycles. The van der Waals surface area contributed by atoms with Gasteiger partial charge in [0, 0.05) is 25.2 Å². The molecule has 6 heteroatoms. The van der Waals surface area contributed by atoms with Crippen molar-refractivity contribution in [2.75, 3.05) is 13.1 Å². The zero-order valence-electron chi connectivity index (χ0n) is 12.8. The standard InChI is InChI=1S/C14H29N3O2S/c1-14(2)8-6-12(7-9-14)16-20(18,19)17-10-4-3-5-13(17)11-15/h12-13,16H,3-11,15H2,1-2H3. The molecule has 5 nitrogen and oxygen atoms in total. The van der Waals surface area contributed by atoms with Crippen LogP contribution in [0.5, 0.6) is 0 Å². The van der Waals surface area contributed by atoms with E-state index in [4.69, 9.17) is 5.73 Å². The lowest BCUT2D eigenvalue weighted by atomic mass is 9.76. The molecule has 2 rings (SSSR count). The van der Waals surface area contributed by atoms with Crippen molar-refractivity contribution >= 4 is 10.2 Å². The molecule has 1 aliphatic heterocycles. The predicted molar refractivity (Wildman–Crippen MR) is 81.5 cm³/mol. The first-order valence-electron chi connectivity index (χ1n) is 7.83. The van der Waals surface area contributed by atoms with E-state index in [9.17, 15) is 8.42 Å². The Hall–Kier alpha value is -0.170. The van der Waals surface area contributed by atoms with E-state index in [0.29, 0.717) is 18.5 Å². The average Bonchev–Trinajstić information content (AvgIpc) is 2.41. The van der Waals surface area contributed by atoms with Crippen molar-refractivity contribution in [3.05, 3.63) is 0 Å². The van der Waals surface area contributed by atoms with Gasteiger partial charge >= 0.3 is 0 Å². The summed E-state index contributed by atoms with van der Waals surface area (Å²) in [5, 5.41) is 0. The Bertz CT molecular complexity index is 412. The Morgan fingerprint density at radius 2 is 1.85 bits per heavy atom. The van der Waals surface area contributed by atoms with E-state index in [2.05, 4.69) is 18.6 Å². The Labute approximate surface area is 123 Å². The Kier molecular flexibility index (Phi) is 5.10. The molecule has 1 atom stereocenters. The topological polar surface area (TPSA) is 75.4 Å². The molecule has 20 heavy (non-hydrogen) atoms. The second kappa shape index (κ2) is 6.30. The lowest BCUT2D eigenvalue weighted by molar-refractivity contribution is 0.211. The fourth-order valence-corrected chi connectivity index (χ4v) is 5.07. The van der Waals surface area contributed by atoms with E-state index in [0.717, 1.165) is 44.9 Å². The maximum absolute atomic E-state index is 12.5. The highest BCUT2D eigenvalue weighted by Crippen LogP contribution is 2.35. The van der Waals surface area contributed by atoms with Gasteiger partial charge in [-0.2, -0.15) is 17.4 Å². The van der Waals surface area contributed by atoms with Crippen LogP contribution in [0.3, 0.4) is 0 Å². The van der Waals surface area contributed by atoms with Crippen molar-refractivity contribution in [2.24, 2.45) is 11.1 Å². The van der Waals surface area contributed by atoms with Gasteiger partial charge in [0.1, 0.15) is 0 Å². The maximum atomic E-state index is 12.5. The molecular formula is C14H29N3O2S. The van der Waals surface area contributed by atoms with Crippen LogP contribution in [0.4, 0.5) is 0 Å². The van der Waals surface area contributed by atoms with E-state index in [-0.39, 0.29) is 12.1 Å². The number of hydrogen-bond acceptors (Lipinski definition) is 3. The summed E-state index contributed by atoms with van der Waals surface area (Å²) < 4.78 is 29.6. The molecule has 3 N–H and O–H groups in total. The van der Waals surface area contributed by atoms with Gasteiger partial charge in [-0.1, -0.05) is 20.3 Å². The van der Waals surface area contributed by atoms with Crippen LogP contribution in [0.25, 0.3) is 0 Å². The summed E-state index contributed by atoms with van der Waals surface area (Å²) in [6.45, 7) is 5.54. The van der Waals surface area contributed by atoms with Crippen LogP contribution in [0.1, 0.15) is 58.8 Å². The zero-order valence-corrected chi connectivity index (χ0v) is 13.6. The van der Waals surface area contributed by atoms with Crippen LogP contribution < -0.4 is 10.5 Å². The van der Waals surface area contributed by atoms with Crippen LogP contribution in [0.2, 0.25) is 0 Å². The molecule has 0 aromatic heterocycles. The molecule has 1 heterocycles. The van der Waals surface area contributed by atoms with E-state index >= 15 is 0 Å². The Morgan fingerprint density at radius 1 is 1.20 bits per heavy atom. The molecule has 0 radical (unpaired) electrons. The van der Waals surface area contributed by atoms with Gasteiger partial charge in [-0.3, -0.25) is 0 Å². The quantitative estimate of drug-likeness (QED) is 0.828. The van der Waals surface area contributed by atoms with Gasteiger partial charge in [-0.25, -0.2) is 0 Å². The summed E-state index contributed by atoms with van der Waals surface area (Å²) in [4.78, 5) is 0. The van der Waals surface area contributed by atoms with Gasteiger partial charge in [0.2, 0.25) is 0 Å². The molecule has 0 amide bonds. The largest absolute Gasteiger partial charge is 0.329 e. The van der Waals surface area contributed by atoms with Gasteiger partial charge < -0.3 is 5.73 Å². The highest BCUT2D eigenvalue weighted by atomic mass is 32.2. The summed E-state index contributed by atoms with van der Waals surface area (Å²) in [6.07, 6.45) is 6.94. The lowest BCUT2D eigenvalue weighted by Gasteiger charge is -2.38. The molecule has 2 aliphatic rings. The normalized spacial score (nSPS) is 29.4. The first-order valence-corrected chi connectivity index (χ1v) is 9.27. The van der Waals surface area contributed by atoms with Crippen LogP contribution in [0.15, 0.2) is 0 Å². The third-order valence-corrected chi connectivity index (χ3v) is 6.54. The molecule has 0 bridgehead atoms. The number of piperidine rings is 1. The molecular weight excluding hydrogens is 274 g/mol. The molecule has 1 unspecified atom stereocenters. The smallest absolute Gasteiger partial charge is 0.279 e. The van der Waals surface area contributed by atoms with Crippen molar-refractivity contribution in [3.63, 3.8) is 0 Å². The number of nitrogens with one attached hydrogen (secondary N) is 1. The fraction of sp³-hybridized carbons (Fsp3) is 1.00. The minimum absolute atomic E-state index is 0.0266. The monoisotopic (exact) mass is 303 g/mol. The summed E-state index contributed by atoms with van der Waals surface area (Å²) in [6, 6.07) is 0.0645. The van der Waals surface area contributed by atoms with E-state index in [1.807, 2.05) is 0 Å². The van der Waals surface area contributed by atoms with Crippen LogP contribution in [0, 0.1) is 5.41 Å². The number of hydrogen-bond donors (Lipinski definition) is 2. The van der Waals surface area contributed by atoms with Crippen LogP contribution in [-0.4, -0.2) is 37.9 Å². The molecule has 2 fully saturated rings. The molecule has 0 spiro atoms. The minimum atomic E-state index is -3.38. The maximum Gasteiger partial charge on any atom is 0.279 e. The van der Waals surface area contributed by atoms with Gasteiger partial charge in [0.15, 0.2) is 0 Å². The summed E-state index contributed by atoms with van der Waals surface area (Å²) >= 11 is 0. The van der Waals surface area contributed by atoms with E-state index in [1.54, 1.807) is 4.31 Å². The summed E-state index contributed by atoms with van der Waals surface area (Å²) in [5.74, 6) is 0. The second-order valence-electron chi connectivity index (χ2n) is 7.06. The SMILES string of the molecule is CC1(C)CCC(NS(=O)(=O)N2CCCCC2CN)CC1. The Morgan fingerprint density at radius 3 is 2.45 bits per heavy atom. The first kappa shape index (κ1) is 16.2. The summed E-state index contributed by atoms with van der Waals surface area (Å²) in [5.41, 5.74) is 6.08. The lowest BCUT2D eigenvalue weighted by Crippen LogP contribution is -2.54. The molecule has 0 aromatic rings. The van der Waals surface area contributed by atoms with Crippen molar-refractivity contribution < 1.29 is 8.42 Å². The molecule has 0 aromatic carbocycles. The molecule has 118 valence electrons. The average molecular weight is 303 g/mol. The molecule has 1 aliphatic carbocycles. The summed E-state index contributed by atoms with van der Waals surface area (Å²) in [7, 11) is -3.38. The Balaban J connectivity index is 1.96. The number of rotatable bonds is 4. The number of nitrogens with two attached hydrogens (primary N) is 1. The molecule has 1 saturated carbocycles. The van der Waals surface area contributed by atoms with Crippen molar-refractivity contribution in [1.29, 1.82) is 0 Å². The highest BCUT2D eigenvalue weighted by Gasteiger charge is 2.35. The highest BCUT2D eigenvalue weighted by molar-refractivity contribution is 7.87. The van der Waals surface area contributed by atoms with Gasteiger partial charge in [0.05, 0.1) is 0 Å². The van der Waals surface area contributed by atoms with Gasteiger partial charge in [-0.05, 0) is 43.9 Å². The number of nitrogens with zero attached hydrogens (tertiary/aromatic N) is 1. The second-order valence-corrected chi connectivity index (χ2v) is 8.71. The third-order valence-electron chi connectivity index (χ3n) is 4.81. The van der Waals surface area contributed by atoms with Crippen molar-refractivity contribution in [1.82, 2.24) is 9.03 Å². The minimum Gasteiger partial charge on any atom is -0.329 e. The predicted octanol–water partition coefficient (Wildman–Crippen LogP) is 1.60. The van der Waals surface area contributed by atoms with Crippen molar-refractivity contribution in [2.45, 2.75) is 70.9 Å². The van der Waals surface area contributed by atoms with Crippen molar-refractivity contribution in [3.8, 4) is 0 Å². The first-order chi connectivity index (χ1) is 9.34.